The number of hydrogen-bond donors (Lipinski definition) is 4. The van der Waals surface area contributed by atoms with Gasteiger partial charge in [-0.1, -0.05) is 6.92 Å². The van der Waals surface area contributed by atoms with Gasteiger partial charge in [0.2, 0.25) is 11.8 Å². The Morgan fingerprint density at radius 3 is 2.62 bits per heavy atom. The number of amides is 2. The van der Waals surface area contributed by atoms with Crippen LogP contribution in [-0.4, -0.2) is 105 Å². The zero-order valence-corrected chi connectivity index (χ0v) is 20.6. The molecule has 188 valence electrons. The molecule has 0 bridgehead atoms. The van der Waals surface area contributed by atoms with Gasteiger partial charge < -0.3 is 31.5 Å². The fraction of sp³-hybridized carbons (Fsp3) is 0.727. The zero-order valence-electron chi connectivity index (χ0n) is 19.8. The van der Waals surface area contributed by atoms with Crippen LogP contribution in [0.5, 0.6) is 0 Å². The van der Waals surface area contributed by atoms with E-state index in [-0.39, 0.29) is 52.6 Å². The number of carbonyl (C=O) groups excluding carboxylic acids is 2. The van der Waals surface area contributed by atoms with Crippen molar-refractivity contribution in [2.45, 2.75) is 50.1 Å². The lowest BCUT2D eigenvalue weighted by molar-refractivity contribution is -0.163. The highest BCUT2D eigenvalue weighted by Crippen LogP contribution is 2.52. The van der Waals surface area contributed by atoms with Crippen LogP contribution in [0.2, 0.25) is 0 Å². The largest absolute Gasteiger partial charge is 0.477 e. The van der Waals surface area contributed by atoms with E-state index in [0.29, 0.717) is 37.5 Å². The smallest absolute Gasteiger partial charge is 0.353 e. The van der Waals surface area contributed by atoms with Crippen molar-refractivity contribution in [3.63, 3.8) is 0 Å². The first-order valence-corrected chi connectivity index (χ1v) is 12.6. The minimum Gasteiger partial charge on any atom is -0.477 e. The van der Waals surface area contributed by atoms with Gasteiger partial charge in [0, 0.05) is 42.3 Å². The van der Waals surface area contributed by atoms with E-state index in [1.807, 2.05) is 23.8 Å². The van der Waals surface area contributed by atoms with E-state index in [1.54, 1.807) is 6.92 Å². The Labute approximate surface area is 203 Å². The number of carboxylic acid groups (broad SMARTS) is 1. The number of nitrogens with zero attached hydrogens (tertiary/aromatic N) is 4. The van der Waals surface area contributed by atoms with Gasteiger partial charge in [-0.25, -0.2) is 4.79 Å². The quantitative estimate of drug-likeness (QED) is 0.199. The molecule has 3 fully saturated rings. The predicted molar refractivity (Wildman–Crippen MR) is 127 cm³/mol. The lowest BCUT2D eigenvalue weighted by atomic mass is 9.79. The summed E-state index contributed by atoms with van der Waals surface area (Å²) in [5.74, 6) is -1.83. The first-order chi connectivity index (χ1) is 16.0. The number of hydrogen-bond acceptors (Lipinski definition) is 7. The van der Waals surface area contributed by atoms with Gasteiger partial charge in [0.25, 0.3) is 0 Å². The van der Waals surface area contributed by atoms with Crippen molar-refractivity contribution in [3.8, 4) is 0 Å². The van der Waals surface area contributed by atoms with Gasteiger partial charge in [-0.3, -0.25) is 19.5 Å². The van der Waals surface area contributed by atoms with Crippen molar-refractivity contribution >= 4 is 35.5 Å². The molecule has 0 saturated carbocycles. The van der Waals surface area contributed by atoms with E-state index in [1.165, 1.54) is 16.7 Å². The third kappa shape index (κ3) is 4.27. The number of fused-ring (bicyclic) bond motifs is 1. The average molecular weight is 495 g/mol. The van der Waals surface area contributed by atoms with Gasteiger partial charge >= 0.3 is 5.97 Å². The van der Waals surface area contributed by atoms with Crippen LogP contribution in [0, 0.1) is 17.8 Å². The van der Waals surface area contributed by atoms with Crippen molar-refractivity contribution in [2.75, 3.05) is 33.2 Å². The van der Waals surface area contributed by atoms with E-state index in [0.717, 1.165) is 6.42 Å². The summed E-state index contributed by atoms with van der Waals surface area (Å²) in [6.45, 7) is 5.95. The number of nitrogens with two attached hydrogens (primary N) is 2. The number of aliphatic imine (C=N–C) groups is 1. The van der Waals surface area contributed by atoms with Gasteiger partial charge in [0.15, 0.2) is 5.96 Å². The molecule has 4 heterocycles. The number of carbonyl (C=O) groups is 3. The number of β-lactam (4-membered cyclic amide) rings is 1. The fourth-order valence-electron chi connectivity index (χ4n) is 5.81. The van der Waals surface area contributed by atoms with Crippen molar-refractivity contribution in [3.05, 3.63) is 10.6 Å². The molecule has 4 aliphatic heterocycles. The maximum atomic E-state index is 13.2. The lowest BCUT2D eigenvalue weighted by Crippen LogP contribution is -2.63. The van der Waals surface area contributed by atoms with Crippen LogP contribution in [-0.2, 0) is 14.4 Å². The summed E-state index contributed by atoms with van der Waals surface area (Å²) >= 11 is 1.47. The third-order valence-electron chi connectivity index (χ3n) is 7.53. The molecule has 12 heteroatoms. The van der Waals surface area contributed by atoms with Gasteiger partial charge in [-0.2, -0.15) is 0 Å². The Balaban J connectivity index is 1.42. The summed E-state index contributed by atoms with van der Waals surface area (Å²) < 4.78 is 0. The van der Waals surface area contributed by atoms with Gasteiger partial charge in [-0.05, 0) is 32.7 Å². The van der Waals surface area contributed by atoms with Crippen LogP contribution in [0.3, 0.4) is 0 Å². The molecule has 0 radical (unpaired) electrons. The van der Waals surface area contributed by atoms with E-state index in [9.17, 15) is 24.6 Å². The number of thioether (sulfide) groups is 1. The zero-order chi connectivity index (χ0) is 24.9. The summed E-state index contributed by atoms with van der Waals surface area (Å²) in [7, 11) is 1.92. The van der Waals surface area contributed by atoms with Crippen molar-refractivity contribution in [2.24, 2.45) is 34.2 Å². The Hall–Kier alpha value is -2.31. The molecule has 7 atom stereocenters. The molecule has 11 nitrogen and oxygen atoms in total. The molecule has 0 unspecified atom stereocenters. The molecule has 0 aromatic carbocycles. The number of carboxylic acids is 1. The van der Waals surface area contributed by atoms with E-state index < -0.39 is 18.0 Å². The SMILES string of the molecule is C[C@@H](O)[C@H]1C(=O)N2C(C(=O)O)=C(S[C@H]3C[C@@H](C(=O)N4CC[C@@H](CN=C(N)N)C4)N(C)C3)[C@H](C)[C@H]12. The van der Waals surface area contributed by atoms with Crippen molar-refractivity contribution in [1.82, 2.24) is 14.7 Å². The van der Waals surface area contributed by atoms with Crippen LogP contribution >= 0.6 is 11.8 Å². The molecule has 6 N–H and O–H groups in total. The highest BCUT2D eigenvalue weighted by Gasteiger charge is 2.60. The number of likely N-dealkylation sites (tertiary alicyclic amines) is 2. The fourth-order valence-corrected chi connectivity index (χ4v) is 7.41. The van der Waals surface area contributed by atoms with Crippen LogP contribution < -0.4 is 11.5 Å². The number of rotatable bonds is 7. The lowest BCUT2D eigenvalue weighted by Gasteiger charge is -2.46. The molecule has 0 aromatic rings. The Morgan fingerprint density at radius 2 is 2.00 bits per heavy atom. The number of aliphatic hydroxyl groups is 1. The second kappa shape index (κ2) is 9.38. The van der Waals surface area contributed by atoms with E-state index >= 15 is 0 Å². The molecule has 0 aliphatic carbocycles. The average Bonchev–Trinajstić information content (AvgIpc) is 3.42. The van der Waals surface area contributed by atoms with Crippen LogP contribution in [0.15, 0.2) is 15.6 Å². The second-order valence-electron chi connectivity index (χ2n) is 9.91. The van der Waals surface area contributed by atoms with Crippen molar-refractivity contribution in [1.29, 1.82) is 0 Å². The van der Waals surface area contributed by atoms with E-state index in [2.05, 4.69) is 4.99 Å². The Kier molecular flexibility index (Phi) is 6.85. The van der Waals surface area contributed by atoms with Crippen LogP contribution in [0.4, 0.5) is 0 Å². The number of guanidine groups is 1. The summed E-state index contributed by atoms with van der Waals surface area (Å²) in [5.41, 5.74) is 10.9. The van der Waals surface area contributed by atoms with Crippen LogP contribution in [0.1, 0.15) is 26.7 Å². The minimum atomic E-state index is -1.13. The molecule has 34 heavy (non-hydrogen) atoms. The molecule has 2 amide bonds. The van der Waals surface area contributed by atoms with Gasteiger partial charge in [0.1, 0.15) is 5.70 Å². The molecule has 3 saturated heterocycles. The van der Waals surface area contributed by atoms with Gasteiger partial charge in [0.05, 0.1) is 24.1 Å². The summed E-state index contributed by atoms with van der Waals surface area (Å²) in [5, 5.41) is 19.9. The molecular weight excluding hydrogens is 460 g/mol. The Morgan fingerprint density at radius 1 is 1.29 bits per heavy atom. The third-order valence-corrected chi connectivity index (χ3v) is 9.02. The molecule has 0 aromatic heterocycles. The number of aliphatic hydroxyl groups excluding tert-OH is 1. The molecule has 4 aliphatic rings. The van der Waals surface area contributed by atoms with Crippen molar-refractivity contribution < 1.29 is 24.6 Å². The number of aliphatic carboxylic acids is 1. The first kappa shape index (κ1) is 24.8. The topological polar surface area (TPSA) is 166 Å². The predicted octanol–water partition coefficient (Wildman–Crippen LogP) is -0.932. The highest BCUT2D eigenvalue weighted by atomic mass is 32.2. The first-order valence-electron chi connectivity index (χ1n) is 11.7. The standard InChI is InChI=1S/C22H34N6O5S/c1-10-16-15(11(2)29)20(31)28(16)17(21(32)33)18(10)34-13-6-14(26(3)9-13)19(30)27-5-4-12(8-27)7-25-22(23)24/h10-16,29H,4-9H2,1-3H3,(H,32,33)(H4,23,24,25)/t10-,11-,12+,13+,14+,15-,16-/m1/s1. The molecular formula is C22H34N6O5S. The molecule has 0 spiro atoms. The second-order valence-corrected chi connectivity index (χ2v) is 11.2. The summed E-state index contributed by atoms with van der Waals surface area (Å²) in [6, 6.07) is -0.599. The maximum absolute atomic E-state index is 13.2. The Bertz CT molecular complexity index is 935. The van der Waals surface area contributed by atoms with Gasteiger partial charge in [-0.15, -0.1) is 11.8 Å². The van der Waals surface area contributed by atoms with Crippen LogP contribution in [0.25, 0.3) is 0 Å². The summed E-state index contributed by atoms with van der Waals surface area (Å²) in [4.78, 5) is 47.8. The van der Waals surface area contributed by atoms with E-state index in [4.69, 9.17) is 11.5 Å². The minimum absolute atomic E-state index is 0.0314. The molecule has 4 rings (SSSR count). The monoisotopic (exact) mass is 494 g/mol. The highest BCUT2D eigenvalue weighted by molar-refractivity contribution is 8.03. The normalized spacial score (nSPS) is 34.3. The number of likely N-dealkylation sites (N-methyl/N-ethyl adjacent to an activating group) is 1. The maximum Gasteiger partial charge on any atom is 0.353 e. The summed E-state index contributed by atoms with van der Waals surface area (Å²) in [6.07, 6.45) is 0.641.